The normalized spacial score (nSPS) is 11.3. The van der Waals surface area contributed by atoms with Gasteiger partial charge in [0, 0.05) is 17.8 Å². The molecule has 2 aromatic rings. The van der Waals surface area contributed by atoms with Gasteiger partial charge in [0.05, 0.1) is 22.8 Å². The van der Waals surface area contributed by atoms with Gasteiger partial charge in [-0.25, -0.2) is 4.79 Å². The zero-order chi connectivity index (χ0) is 17.6. The average molecular weight is 357 g/mol. The van der Waals surface area contributed by atoms with Gasteiger partial charge in [0.1, 0.15) is 11.3 Å². The zero-order valence-electron chi connectivity index (χ0n) is 13.2. The van der Waals surface area contributed by atoms with Crippen molar-refractivity contribution in [2.45, 2.75) is 6.92 Å². The summed E-state index contributed by atoms with van der Waals surface area (Å²) in [4.78, 5) is 27.7. The van der Waals surface area contributed by atoms with Crippen molar-refractivity contribution in [3.63, 3.8) is 0 Å². The van der Waals surface area contributed by atoms with E-state index in [1.54, 1.807) is 24.3 Å². The SMILES string of the molecule is CCNC(=O)n1ncc2c3nn(-c4cccc(Cl)c4)c(=O)c-3c[nH]c21. The Morgan fingerprint density at radius 2 is 2.24 bits per heavy atom. The molecule has 8 nitrogen and oxygen atoms in total. The highest BCUT2D eigenvalue weighted by molar-refractivity contribution is 6.30. The Morgan fingerprint density at radius 3 is 3.00 bits per heavy atom. The molecule has 0 atom stereocenters. The Hall–Kier alpha value is -3.13. The molecule has 1 aromatic carbocycles. The van der Waals surface area contributed by atoms with Crippen molar-refractivity contribution in [2.75, 3.05) is 6.54 Å². The van der Waals surface area contributed by atoms with Crippen molar-refractivity contribution in [3.8, 4) is 16.9 Å². The summed E-state index contributed by atoms with van der Waals surface area (Å²) in [7, 11) is 0. The van der Waals surface area contributed by atoms with Gasteiger partial charge in [-0.3, -0.25) is 4.79 Å². The predicted molar refractivity (Wildman–Crippen MR) is 93.6 cm³/mol. The Morgan fingerprint density at radius 1 is 1.40 bits per heavy atom. The predicted octanol–water partition coefficient (Wildman–Crippen LogP) is 2.25. The molecule has 0 spiro atoms. The topological polar surface area (TPSA) is 97.6 Å². The number of fused-ring (bicyclic) bond motifs is 3. The average Bonchev–Trinajstić information content (AvgIpc) is 3.16. The minimum Gasteiger partial charge on any atom is -0.345 e. The fraction of sp³-hybridized carbons (Fsp3) is 0.125. The van der Waals surface area contributed by atoms with E-state index in [-0.39, 0.29) is 11.6 Å². The van der Waals surface area contributed by atoms with Crippen LogP contribution in [-0.2, 0) is 0 Å². The molecule has 0 saturated carbocycles. The monoisotopic (exact) mass is 356 g/mol. The second kappa shape index (κ2) is 5.75. The first kappa shape index (κ1) is 15.4. The molecule has 0 unspecified atom stereocenters. The molecular weight excluding hydrogens is 344 g/mol. The van der Waals surface area contributed by atoms with Crippen molar-refractivity contribution in [2.24, 2.45) is 0 Å². The summed E-state index contributed by atoms with van der Waals surface area (Å²) in [5, 5.41) is 12.3. The van der Waals surface area contributed by atoms with E-state index >= 15 is 0 Å². The van der Waals surface area contributed by atoms with Gasteiger partial charge in [0.2, 0.25) is 0 Å². The molecule has 2 aliphatic rings. The molecule has 3 heterocycles. The highest BCUT2D eigenvalue weighted by Gasteiger charge is 2.22. The number of amides is 1. The van der Waals surface area contributed by atoms with Crippen LogP contribution < -0.4 is 10.9 Å². The third-order valence-corrected chi connectivity index (χ3v) is 4.06. The number of rotatable bonds is 2. The maximum absolute atomic E-state index is 12.7. The number of pyridine rings is 1. The Kier molecular flexibility index (Phi) is 3.54. The van der Waals surface area contributed by atoms with Crippen molar-refractivity contribution in [3.05, 3.63) is 52.0 Å². The quantitative estimate of drug-likeness (QED) is 0.575. The van der Waals surface area contributed by atoms with Crippen LogP contribution in [-0.4, -0.2) is 37.1 Å². The van der Waals surface area contributed by atoms with Gasteiger partial charge < -0.3 is 10.3 Å². The Balaban J connectivity index is 1.94. The molecule has 4 rings (SSSR count). The summed E-state index contributed by atoms with van der Waals surface area (Å²) in [5.41, 5.74) is 1.63. The molecule has 0 fully saturated rings. The van der Waals surface area contributed by atoms with Crippen LogP contribution in [0.15, 0.2) is 41.5 Å². The standard InChI is InChI=1S/C16H13ClN6O2/c1-2-18-16(25)23-14-11(8-20-23)13-12(7-19-14)15(24)22(21-13)10-5-3-4-9(17)6-10/h3-8,19H,2H2,1H3,(H,18,25). The highest BCUT2D eigenvalue weighted by Crippen LogP contribution is 2.26. The van der Waals surface area contributed by atoms with Crippen molar-refractivity contribution >= 4 is 28.7 Å². The summed E-state index contributed by atoms with van der Waals surface area (Å²) in [6, 6.07) is 6.52. The molecule has 2 N–H and O–H groups in total. The Labute approximate surface area is 146 Å². The number of carbonyl (C=O) groups is 1. The largest absolute Gasteiger partial charge is 0.345 e. The van der Waals surface area contributed by atoms with Crippen LogP contribution >= 0.6 is 11.6 Å². The van der Waals surface area contributed by atoms with Gasteiger partial charge in [-0.2, -0.15) is 19.6 Å². The van der Waals surface area contributed by atoms with Crippen LogP contribution in [0.5, 0.6) is 0 Å². The number of aromatic nitrogens is 5. The van der Waals surface area contributed by atoms with E-state index in [1.807, 2.05) is 6.92 Å². The molecule has 2 aliphatic heterocycles. The van der Waals surface area contributed by atoms with Gasteiger partial charge in [0.25, 0.3) is 5.56 Å². The summed E-state index contributed by atoms with van der Waals surface area (Å²) in [6.45, 7) is 2.30. The van der Waals surface area contributed by atoms with Crippen LogP contribution in [0, 0.1) is 0 Å². The zero-order valence-corrected chi connectivity index (χ0v) is 13.9. The van der Waals surface area contributed by atoms with Crippen LogP contribution in [0.2, 0.25) is 5.02 Å². The van der Waals surface area contributed by atoms with Crippen molar-refractivity contribution in [1.82, 2.24) is 29.9 Å². The summed E-state index contributed by atoms with van der Waals surface area (Å²) in [6.07, 6.45) is 3.05. The second-order valence-electron chi connectivity index (χ2n) is 5.40. The van der Waals surface area contributed by atoms with Crippen LogP contribution in [0.25, 0.3) is 28.0 Å². The van der Waals surface area contributed by atoms with Crippen LogP contribution in [0.3, 0.4) is 0 Å². The van der Waals surface area contributed by atoms with E-state index in [2.05, 4.69) is 20.5 Å². The molecule has 9 heteroatoms. The molecule has 1 amide bonds. The van der Waals surface area contributed by atoms with Gasteiger partial charge in [-0.05, 0) is 25.1 Å². The lowest BCUT2D eigenvalue weighted by atomic mass is 10.2. The molecule has 0 bridgehead atoms. The fourth-order valence-corrected chi connectivity index (χ4v) is 2.89. The lowest BCUT2D eigenvalue weighted by Crippen LogP contribution is -2.29. The number of hydrogen-bond acceptors (Lipinski definition) is 4. The summed E-state index contributed by atoms with van der Waals surface area (Å²) >= 11 is 6.00. The van der Waals surface area contributed by atoms with E-state index in [9.17, 15) is 9.59 Å². The highest BCUT2D eigenvalue weighted by atomic mass is 35.5. The van der Waals surface area contributed by atoms with E-state index in [0.29, 0.717) is 39.5 Å². The van der Waals surface area contributed by atoms with Gasteiger partial charge in [0.15, 0.2) is 0 Å². The minimum absolute atomic E-state index is 0.277. The second-order valence-corrected chi connectivity index (χ2v) is 5.84. The third-order valence-electron chi connectivity index (χ3n) is 3.83. The van der Waals surface area contributed by atoms with Crippen molar-refractivity contribution < 1.29 is 4.79 Å². The molecule has 0 saturated heterocycles. The number of H-pyrrole nitrogens is 1. The number of halogens is 1. The van der Waals surface area contributed by atoms with Crippen LogP contribution in [0.1, 0.15) is 6.92 Å². The van der Waals surface area contributed by atoms with E-state index < -0.39 is 0 Å². The lowest BCUT2D eigenvalue weighted by molar-refractivity contribution is 0.241. The first-order chi connectivity index (χ1) is 12.1. The summed E-state index contributed by atoms with van der Waals surface area (Å²) in [5.74, 6) is 0. The molecule has 1 aromatic heterocycles. The van der Waals surface area contributed by atoms with E-state index in [1.165, 1.54) is 21.8 Å². The smallest absolute Gasteiger partial charge is 0.344 e. The van der Waals surface area contributed by atoms with E-state index in [4.69, 9.17) is 11.6 Å². The maximum atomic E-state index is 12.7. The summed E-state index contributed by atoms with van der Waals surface area (Å²) < 4.78 is 2.49. The fourth-order valence-electron chi connectivity index (χ4n) is 2.71. The lowest BCUT2D eigenvalue weighted by Gasteiger charge is -2.03. The molecule has 126 valence electrons. The number of carbonyl (C=O) groups excluding carboxylic acids is 1. The van der Waals surface area contributed by atoms with Gasteiger partial charge in [-0.15, -0.1) is 0 Å². The van der Waals surface area contributed by atoms with Crippen LogP contribution in [0.4, 0.5) is 4.79 Å². The van der Waals surface area contributed by atoms with Crippen molar-refractivity contribution in [1.29, 1.82) is 0 Å². The Bertz CT molecular complexity index is 1130. The van der Waals surface area contributed by atoms with E-state index in [0.717, 1.165) is 0 Å². The number of aromatic amines is 1. The number of hydrogen-bond donors (Lipinski definition) is 2. The minimum atomic E-state index is -0.357. The van der Waals surface area contributed by atoms with Gasteiger partial charge >= 0.3 is 6.03 Å². The first-order valence-electron chi connectivity index (χ1n) is 7.62. The van der Waals surface area contributed by atoms with Gasteiger partial charge in [-0.1, -0.05) is 17.7 Å². The third kappa shape index (κ3) is 2.38. The molecule has 0 aliphatic carbocycles. The number of nitrogens with one attached hydrogen (secondary N) is 2. The maximum Gasteiger partial charge on any atom is 0.344 e. The first-order valence-corrected chi connectivity index (χ1v) is 8.00. The number of nitrogens with zero attached hydrogens (tertiary/aromatic N) is 4. The number of benzene rings is 1. The molecular formula is C16H13ClN6O2. The molecule has 25 heavy (non-hydrogen) atoms. The molecule has 0 radical (unpaired) electrons.